The molecule has 0 bridgehead atoms. The second-order valence-electron chi connectivity index (χ2n) is 6.89. The average molecular weight is 238 g/mol. The molecule has 1 amide bonds. The van der Waals surface area contributed by atoms with Crippen LogP contribution in [0.3, 0.4) is 0 Å². The summed E-state index contributed by atoms with van der Waals surface area (Å²) in [6.07, 6.45) is 0. The summed E-state index contributed by atoms with van der Waals surface area (Å²) < 4.78 is 0. The highest BCUT2D eigenvalue weighted by atomic mass is 16.2. The van der Waals surface area contributed by atoms with Gasteiger partial charge in [0, 0.05) is 31.1 Å². The zero-order valence-electron chi connectivity index (χ0n) is 12.0. The SMILES string of the molecule is CC1NCCN(C(=O)C2C(C)(C)C2(C)C)C1C. The fourth-order valence-electron chi connectivity index (χ4n) is 3.35. The molecule has 1 aliphatic carbocycles. The van der Waals surface area contributed by atoms with Gasteiger partial charge in [-0.3, -0.25) is 4.79 Å². The quantitative estimate of drug-likeness (QED) is 0.756. The second kappa shape index (κ2) is 3.71. The Hall–Kier alpha value is -0.570. The fraction of sp³-hybridized carbons (Fsp3) is 0.929. The van der Waals surface area contributed by atoms with E-state index in [0.717, 1.165) is 13.1 Å². The Kier molecular flexibility index (Phi) is 2.81. The molecule has 2 fully saturated rings. The molecule has 0 aromatic carbocycles. The molecule has 0 aromatic rings. The smallest absolute Gasteiger partial charge is 0.227 e. The van der Waals surface area contributed by atoms with Crippen LogP contribution >= 0.6 is 0 Å². The van der Waals surface area contributed by atoms with Gasteiger partial charge in [-0.15, -0.1) is 0 Å². The highest BCUT2D eigenvalue weighted by Gasteiger charge is 2.69. The lowest BCUT2D eigenvalue weighted by Gasteiger charge is -2.39. The number of carbonyl (C=O) groups is 1. The van der Waals surface area contributed by atoms with Crippen molar-refractivity contribution >= 4 is 5.91 Å². The summed E-state index contributed by atoms with van der Waals surface area (Å²) in [5, 5.41) is 3.42. The molecule has 2 atom stereocenters. The number of amides is 1. The largest absolute Gasteiger partial charge is 0.337 e. The van der Waals surface area contributed by atoms with E-state index >= 15 is 0 Å². The van der Waals surface area contributed by atoms with Crippen LogP contribution in [0.15, 0.2) is 0 Å². The Morgan fingerprint density at radius 1 is 1.18 bits per heavy atom. The van der Waals surface area contributed by atoms with Crippen molar-refractivity contribution in [1.82, 2.24) is 10.2 Å². The van der Waals surface area contributed by atoms with Crippen LogP contribution in [0.25, 0.3) is 0 Å². The number of nitrogens with one attached hydrogen (secondary N) is 1. The van der Waals surface area contributed by atoms with E-state index in [-0.39, 0.29) is 16.7 Å². The molecule has 0 spiro atoms. The molecule has 3 heteroatoms. The molecule has 2 rings (SSSR count). The van der Waals surface area contributed by atoms with Gasteiger partial charge in [-0.1, -0.05) is 27.7 Å². The summed E-state index contributed by atoms with van der Waals surface area (Å²) in [6, 6.07) is 0.709. The molecule has 1 saturated heterocycles. The summed E-state index contributed by atoms with van der Waals surface area (Å²) in [6.45, 7) is 14.9. The van der Waals surface area contributed by atoms with Crippen molar-refractivity contribution in [1.29, 1.82) is 0 Å². The molecule has 3 nitrogen and oxygen atoms in total. The first kappa shape index (κ1) is 12.9. The van der Waals surface area contributed by atoms with E-state index in [9.17, 15) is 4.79 Å². The Labute approximate surface area is 105 Å². The maximum atomic E-state index is 12.6. The minimum Gasteiger partial charge on any atom is -0.337 e. The fourth-order valence-corrected chi connectivity index (χ4v) is 3.35. The number of nitrogens with zero attached hydrogens (tertiary/aromatic N) is 1. The second-order valence-corrected chi connectivity index (χ2v) is 6.89. The number of hydrogen-bond acceptors (Lipinski definition) is 2. The van der Waals surface area contributed by atoms with Gasteiger partial charge in [0.1, 0.15) is 0 Å². The predicted octanol–water partition coefficient (Wildman–Crippen LogP) is 1.88. The van der Waals surface area contributed by atoms with Gasteiger partial charge in [-0.2, -0.15) is 0 Å². The topological polar surface area (TPSA) is 32.3 Å². The molecule has 2 aliphatic rings. The van der Waals surface area contributed by atoms with Crippen molar-refractivity contribution in [3.8, 4) is 0 Å². The molecule has 2 unspecified atom stereocenters. The van der Waals surface area contributed by atoms with Crippen LogP contribution in [0.4, 0.5) is 0 Å². The molecule has 1 heterocycles. The maximum Gasteiger partial charge on any atom is 0.227 e. The van der Waals surface area contributed by atoms with Crippen LogP contribution in [0.5, 0.6) is 0 Å². The molecule has 1 saturated carbocycles. The normalized spacial score (nSPS) is 35.8. The lowest BCUT2D eigenvalue weighted by Crippen LogP contribution is -2.57. The van der Waals surface area contributed by atoms with Crippen LogP contribution in [-0.2, 0) is 4.79 Å². The minimum absolute atomic E-state index is 0.151. The lowest BCUT2D eigenvalue weighted by molar-refractivity contribution is -0.137. The van der Waals surface area contributed by atoms with E-state index < -0.39 is 0 Å². The van der Waals surface area contributed by atoms with Crippen molar-refractivity contribution in [2.24, 2.45) is 16.7 Å². The number of rotatable bonds is 1. The highest BCUT2D eigenvalue weighted by Crippen LogP contribution is 2.68. The molecule has 98 valence electrons. The van der Waals surface area contributed by atoms with Gasteiger partial charge in [-0.05, 0) is 24.7 Å². The van der Waals surface area contributed by atoms with E-state index in [0.29, 0.717) is 18.0 Å². The number of hydrogen-bond donors (Lipinski definition) is 1. The standard InChI is InChI=1S/C14H26N2O/c1-9-10(2)16(8-7-15-9)12(17)11-13(3,4)14(11,5)6/h9-11,15H,7-8H2,1-6H3. The van der Waals surface area contributed by atoms with E-state index in [1.165, 1.54) is 0 Å². The van der Waals surface area contributed by atoms with Crippen molar-refractivity contribution in [3.05, 3.63) is 0 Å². The Bertz CT molecular complexity index is 321. The summed E-state index contributed by atoms with van der Waals surface area (Å²) in [5.41, 5.74) is 0.301. The van der Waals surface area contributed by atoms with E-state index in [2.05, 4.69) is 51.8 Å². The van der Waals surface area contributed by atoms with E-state index in [1.54, 1.807) is 0 Å². The van der Waals surface area contributed by atoms with Gasteiger partial charge in [0.2, 0.25) is 5.91 Å². The first-order valence-corrected chi connectivity index (χ1v) is 6.75. The summed E-state index contributed by atoms with van der Waals surface area (Å²) >= 11 is 0. The monoisotopic (exact) mass is 238 g/mol. The average Bonchev–Trinajstić information content (AvgIpc) is 2.61. The Morgan fingerprint density at radius 3 is 2.18 bits per heavy atom. The third kappa shape index (κ3) is 1.70. The first-order chi connectivity index (χ1) is 7.71. The first-order valence-electron chi connectivity index (χ1n) is 6.75. The summed E-state index contributed by atoms with van der Waals surface area (Å²) in [7, 11) is 0. The Morgan fingerprint density at radius 2 is 1.71 bits per heavy atom. The molecule has 17 heavy (non-hydrogen) atoms. The zero-order chi connectivity index (χ0) is 13.0. The van der Waals surface area contributed by atoms with Crippen molar-refractivity contribution in [3.63, 3.8) is 0 Å². The van der Waals surface area contributed by atoms with Gasteiger partial charge in [0.05, 0.1) is 0 Å². The minimum atomic E-state index is 0.151. The van der Waals surface area contributed by atoms with Gasteiger partial charge in [-0.25, -0.2) is 0 Å². The van der Waals surface area contributed by atoms with Crippen LogP contribution in [0.1, 0.15) is 41.5 Å². The zero-order valence-corrected chi connectivity index (χ0v) is 12.0. The number of piperazine rings is 1. The maximum absolute atomic E-state index is 12.6. The molecule has 1 N–H and O–H groups in total. The van der Waals surface area contributed by atoms with Crippen LogP contribution in [0.2, 0.25) is 0 Å². The van der Waals surface area contributed by atoms with Crippen LogP contribution < -0.4 is 5.32 Å². The predicted molar refractivity (Wildman–Crippen MR) is 69.7 cm³/mol. The van der Waals surface area contributed by atoms with Gasteiger partial charge in [0.25, 0.3) is 0 Å². The van der Waals surface area contributed by atoms with Crippen molar-refractivity contribution in [2.45, 2.75) is 53.6 Å². The van der Waals surface area contributed by atoms with Crippen molar-refractivity contribution in [2.75, 3.05) is 13.1 Å². The van der Waals surface area contributed by atoms with Crippen LogP contribution in [-0.4, -0.2) is 36.0 Å². The van der Waals surface area contributed by atoms with E-state index in [1.807, 2.05) is 0 Å². The summed E-state index contributed by atoms with van der Waals surface area (Å²) in [5.74, 6) is 0.559. The third-order valence-electron chi connectivity index (χ3n) is 5.58. The van der Waals surface area contributed by atoms with Gasteiger partial charge in [0.15, 0.2) is 0 Å². The van der Waals surface area contributed by atoms with Gasteiger partial charge >= 0.3 is 0 Å². The van der Waals surface area contributed by atoms with Crippen LogP contribution in [0, 0.1) is 16.7 Å². The molecular weight excluding hydrogens is 212 g/mol. The molecule has 1 aliphatic heterocycles. The molecular formula is C14H26N2O. The lowest BCUT2D eigenvalue weighted by atomic mass is 10.0. The Balaban J connectivity index is 2.12. The third-order valence-corrected chi connectivity index (χ3v) is 5.58. The molecule has 0 radical (unpaired) electrons. The highest BCUT2D eigenvalue weighted by molar-refractivity contribution is 5.84. The number of carbonyl (C=O) groups excluding carboxylic acids is 1. The van der Waals surface area contributed by atoms with Gasteiger partial charge < -0.3 is 10.2 Å². The molecule has 0 aromatic heterocycles. The summed E-state index contributed by atoms with van der Waals surface area (Å²) in [4.78, 5) is 14.7. The van der Waals surface area contributed by atoms with Crippen molar-refractivity contribution < 1.29 is 4.79 Å². The van der Waals surface area contributed by atoms with E-state index in [4.69, 9.17) is 0 Å².